The second-order valence-electron chi connectivity index (χ2n) is 4.49. The van der Waals surface area contributed by atoms with E-state index in [4.69, 9.17) is 5.26 Å². The van der Waals surface area contributed by atoms with Gasteiger partial charge in [-0.25, -0.2) is 4.98 Å². The summed E-state index contributed by atoms with van der Waals surface area (Å²) in [6.07, 6.45) is 7.06. The van der Waals surface area contributed by atoms with E-state index >= 15 is 0 Å². The zero-order chi connectivity index (χ0) is 11.4. The summed E-state index contributed by atoms with van der Waals surface area (Å²) >= 11 is 0. The fourth-order valence-electron chi connectivity index (χ4n) is 2.29. The highest BCUT2D eigenvalue weighted by molar-refractivity contribution is 5.55. The summed E-state index contributed by atoms with van der Waals surface area (Å²) in [5.74, 6) is 1.50. The van der Waals surface area contributed by atoms with Crippen LogP contribution in [0.1, 0.15) is 36.8 Å². The molecule has 0 bridgehead atoms. The van der Waals surface area contributed by atoms with Crippen molar-refractivity contribution in [1.29, 1.82) is 5.26 Å². The second-order valence-corrected chi connectivity index (χ2v) is 4.49. The van der Waals surface area contributed by atoms with Crippen molar-refractivity contribution in [3.8, 4) is 6.07 Å². The summed E-state index contributed by atoms with van der Waals surface area (Å²) in [4.78, 5) is 4.24. The number of anilines is 1. The number of pyridine rings is 1. The molecular formula is C13H17N3. The Morgan fingerprint density at radius 3 is 2.94 bits per heavy atom. The maximum atomic E-state index is 9.06. The molecule has 0 aromatic carbocycles. The second kappa shape index (κ2) is 4.98. The first kappa shape index (κ1) is 10.9. The fourth-order valence-corrected chi connectivity index (χ4v) is 2.29. The molecule has 2 rings (SSSR count). The van der Waals surface area contributed by atoms with E-state index in [1.807, 2.05) is 13.0 Å². The Bertz CT molecular complexity index is 400. The van der Waals surface area contributed by atoms with Crippen molar-refractivity contribution in [2.75, 3.05) is 11.9 Å². The third-order valence-corrected chi connectivity index (χ3v) is 3.30. The number of rotatable bonds is 3. The third kappa shape index (κ3) is 2.33. The van der Waals surface area contributed by atoms with Crippen LogP contribution in [0.4, 0.5) is 5.82 Å². The van der Waals surface area contributed by atoms with E-state index in [9.17, 15) is 0 Å². The Morgan fingerprint density at radius 1 is 1.50 bits per heavy atom. The minimum Gasteiger partial charge on any atom is -0.369 e. The zero-order valence-electron chi connectivity index (χ0n) is 9.66. The van der Waals surface area contributed by atoms with Crippen LogP contribution in [0.2, 0.25) is 0 Å². The highest BCUT2D eigenvalue weighted by atomic mass is 15.0. The minimum absolute atomic E-state index is 0.681. The molecule has 1 saturated carbocycles. The van der Waals surface area contributed by atoms with Gasteiger partial charge in [0.1, 0.15) is 11.9 Å². The van der Waals surface area contributed by atoms with Crippen LogP contribution < -0.4 is 5.32 Å². The van der Waals surface area contributed by atoms with Gasteiger partial charge < -0.3 is 5.32 Å². The summed E-state index contributed by atoms with van der Waals surface area (Å²) in [5, 5.41) is 12.4. The van der Waals surface area contributed by atoms with Crippen LogP contribution in [0.25, 0.3) is 0 Å². The molecule has 0 amide bonds. The highest BCUT2D eigenvalue weighted by Crippen LogP contribution is 2.25. The standard InChI is InChI=1S/C13H17N3/c1-10-6-7-15-13(12(10)8-14)16-9-11-4-2-3-5-11/h6-7,11H,2-5,9H2,1H3,(H,15,16). The molecule has 0 unspecified atom stereocenters. The predicted octanol–water partition coefficient (Wildman–Crippen LogP) is 2.86. The minimum atomic E-state index is 0.681. The average molecular weight is 215 g/mol. The van der Waals surface area contributed by atoms with E-state index in [2.05, 4.69) is 16.4 Å². The van der Waals surface area contributed by atoms with Crippen LogP contribution in [0, 0.1) is 24.2 Å². The number of aromatic nitrogens is 1. The molecule has 0 atom stereocenters. The van der Waals surface area contributed by atoms with Gasteiger partial charge in [-0.1, -0.05) is 12.8 Å². The van der Waals surface area contributed by atoms with Crippen molar-refractivity contribution in [1.82, 2.24) is 4.98 Å². The maximum absolute atomic E-state index is 9.06. The van der Waals surface area contributed by atoms with Crippen LogP contribution in [-0.4, -0.2) is 11.5 Å². The van der Waals surface area contributed by atoms with Gasteiger partial charge in [0.2, 0.25) is 0 Å². The molecule has 1 heterocycles. The lowest BCUT2D eigenvalue weighted by Gasteiger charge is -2.12. The fraction of sp³-hybridized carbons (Fsp3) is 0.538. The van der Waals surface area contributed by atoms with Crippen LogP contribution in [0.15, 0.2) is 12.3 Å². The van der Waals surface area contributed by atoms with E-state index < -0.39 is 0 Å². The summed E-state index contributed by atoms with van der Waals surface area (Å²) < 4.78 is 0. The van der Waals surface area contributed by atoms with Crippen molar-refractivity contribution < 1.29 is 0 Å². The monoisotopic (exact) mass is 215 g/mol. The molecular weight excluding hydrogens is 198 g/mol. The van der Waals surface area contributed by atoms with E-state index in [-0.39, 0.29) is 0 Å². The molecule has 84 valence electrons. The molecule has 3 heteroatoms. The lowest BCUT2D eigenvalue weighted by molar-refractivity contribution is 0.579. The normalized spacial score (nSPS) is 16.0. The summed E-state index contributed by atoms with van der Waals surface area (Å²) in [6.45, 7) is 2.89. The highest BCUT2D eigenvalue weighted by Gasteiger charge is 2.15. The number of hydrogen-bond acceptors (Lipinski definition) is 3. The molecule has 1 N–H and O–H groups in total. The van der Waals surface area contributed by atoms with Crippen molar-refractivity contribution in [2.24, 2.45) is 5.92 Å². The molecule has 16 heavy (non-hydrogen) atoms. The van der Waals surface area contributed by atoms with Gasteiger partial charge in [-0.3, -0.25) is 0 Å². The lowest BCUT2D eigenvalue weighted by atomic mass is 10.1. The quantitative estimate of drug-likeness (QED) is 0.843. The first-order valence-electron chi connectivity index (χ1n) is 5.91. The van der Waals surface area contributed by atoms with E-state index in [0.29, 0.717) is 5.56 Å². The molecule has 1 aliphatic rings. The van der Waals surface area contributed by atoms with Crippen LogP contribution >= 0.6 is 0 Å². The average Bonchev–Trinajstić information content (AvgIpc) is 2.79. The maximum Gasteiger partial charge on any atom is 0.144 e. The Morgan fingerprint density at radius 2 is 2.25 bits per heavy atom. The van der Waals surface area contributed by atoms with Crippen LogP contribution in [0.5, 0.6) is 0 Å². The van der Waals surface area contributed by atoms with Gasteiger partial charge in [0, 0.05) is 12.7 Å². The van der Waals surface area contributed by atoms with Crippen molar-refractivity contribution >= 4 is 5.82 Å². The molecule has 0 aliphatic heterocycles. The van der Waals surface area contributed by atoms with Crippen LogP contribution in [-0.2, 0) is 0 Å². The summed E-state index contributed by atoms with van der Waals surface area (Å²) in [5.41, 5.74) is 1.67. The van der Waals surface area contributed by atoms with Crippen molar-refractivity contribution in [3.05, 3.63) is 23.4 Å². The molecule has 0 radical (unpaired) electrons. The Labute approximate surface area is 96.5 Å². The van der Waals surface area contributed by atoms with Gasteiger partial charge in [-0.05, 0) is 37.3 Å². The summed E-state index contributed by atoms with van der Waals surface area (Å²) in [7, 11) is 0. The number of nitrogens with one attached hydrogen (secondary N) is 1. The molecule has 0 spiro atoms. The smallest absolute Gasteiger partial charge is 0.144 e. The number of nitrogens with zero attached hydrogens (tertiary/aromatic N) is 2. The third-order valence-electron chi connectivity index (χ3n) is 3.30. The van der Waals surface area contributed by atoms with Gasteiger partial charge in [0.15, 0.2) is 0 Å². The number of nitriles is 1. The molecule has 3 nitrogen and oxygen atoms in total. The molecule has 0 saturated heterocycles. The van der Waals surface area contributed by atoms with Crippen molar-refractivity contribution in [2.45, 2.75) is 32.6 Å². The Balaban J connectivity index is 2.03. The van der Waals surface area contributed by atoms with Crippen LogP contribution in [0.3, 0.4) is 0 Å². The van der Waals surface area contributed by atoms with Gasteiger partial charge in [0.05, 0.1) is 5.56 Å². The van der Waals surface area contributed by atoms with Gasteiger partial charge in [-0.2, -0.15) is 5.26 Å². The first-order valence-corrected chi connectivity index (χ1v) is 5.91. The van der Waals surface area contributed by atoms with E-state index in [0.717, 1.165) is 23.8 Å². The number of hydrogen-bond donors (Lipinski definition) is 1. The van der Waals surface area contributed by atoms with Gasteiger partial charge in [-0.15, -0.1) is 0 Å². The van der Waals surface area contributed by atoms with Gasteiger partial charge in [0.25, 0.3) is 0 Å². The molecule has 1 aliphatic carbocycles. The van der Waals surface area contributed by atoms with Gasteiger partial charge >= 0.3 is 0 Å². The molecule has 1 fully saturated rings. The number of aryl methyl sites for hydroxylation is 1. The lowest BCUT2D eigenvalue weighted by Crippen LogP contribution is -2.13. The topological polar surface area (TPSA) is 48.7 Å². The van der Waals surface area contributed by atoms with Crippen molar-refractivity contribution in [3.63, 3.8) is 0 Å². The predicted molar refractivity (Wildman–Crippen MR) is 64.1 cm³/mol. The zero-order valence-corrected chi connectivity index (χ0v) is 9.66. The SMILES string of the molecule is Cc1ccnc(NCC2CCCC2)c1C#N. The Kier molecular flexibility index (Phi) is 3.40. The van der Waals surface area contributed by atoms with E-state index in [1.54, 1.807) is 6.20 Å². The summed E-state index contributed by atoms with van der Waals surface area (Å²) in [6, 6.07) is 4.09. The largest absolute Gasteiger partial charge is 0.369 e. The molecule has 1 aromatic heterocycles. The first-order chi connectivity index (χ1) is 7.81. The Hall–Kier alpha value is -1.56. The van der Waals surface area contributed by atoms with E-state index in [1.165, 1.54) is 25.7 Å². The molecule has 1 aromatic rings.